The molecule has 0 bridgehead atoms. The first-order chi connectivity index (χ1) is 8.31. The van der Waals surface area contributed by atoms with E-state index in [1.807, 2.05) is 36.6 Å². The molecule has 0 aliphatic carbocycles. The molecule has 1 aromatic heterocycles. The molecular weight excluding hydrogens is 232 g/mol. The fourth-order valence-electron chi connectivity index (χ4n) is 1.56. The second kappa shape index (κ2) is 5.68. The van der Waals surface area contributed by atoms with Gasteiger partial charge in [-0.25, -0.2) is 0 Å². The molecule has 1 N–H and O–H groups in total. The van der Waals surface area contributed by atoms with Crippen molar-refractivity contribution < 1.29 is 4.79 Å². The smallest absolute Gasteiger partial charge is 0.252 e. The van der Waals surface area contributed by atoms with Gasteiger partial charge in [0.1, 0.15) is 0 Å². The first kappa shape index (κ1) is 11.9. The number of hydrogen-bond acceptors (Lipinski definition) is 3. The lowest BCUT2D eigenvalue weighted by molar-refractivity contribution is 0.0956. The van der Waals surface area contributed by atoms with E-state index in [1.165, 1.54) is 0 Å². The molecule has 0 saturated heterocycles. The topological polar surface area (TPSA) is 42.0 Å². The summed E-state index contributed by atoms with van der Waals surface area (Å²) in [6.45, 7) is 0.687. The Morgan fingerprint density at radius 1 is 1.41 bits per heavy atom. The van der Waals surface area contributed by atoms with Crippen molar-refractivity contribution in [3.63, 3.8) is 0 Å². The third kappa shape index (κ3) is 2.97. The van der Waals surface area contributed by atoms with Crippen LogP contribution in [0.2, 0.25) is 0 Å². The van der Waals surface area contributed by atoms with Crippen molar-refractivity contribution in [3.05, 3.63) is 42.1 Å². The van der Waals surface area contributed by atoms with Crippen LogP contribution in [0.5, 0.6) is 0 Å². The molecule has 2 rings (SSSR count). The molecule has 1 heterocycles. The van der Waals surface area contributed by atoms with E-state index >= 15 is 0 Å². The molecule has 2 aromatic rings. The Morgan fingerprint density at radius 3 is 3.06 bits per heavy atom. The van der Waals surface area contributed by atoms with Crippen LogP contribution in [0.3, 0.4) is 0 Å². The number of rotatable bonds is 4. The normalized spacial score (nSPS) is 10.4. The summed E-state index contributed by atoms with van der Waals surface area (Å²) < 4.78 is 0. The Hall–Kier alpha value is -1.55. The number of pyridine rings is 1. The first-order valence-corrected chi connectivity index (χ1v) is 6.82. The van der Waals surface area contributed by atoms with Gasteiger partial charge in [0.25, 0.3) is 5.91 Å². The summed E-state index contributed by atoms with van der Waals surface area (Å²) in [6.07, 6.45) is 3.64. The Balaban J connectivity index is 2.15. The summed E-state index contributed by atoms with van der Waals surface area (Å²) in [5.41, 5.74) is 1.53. The van der Waals surface area contributed by atoms with Crippen LogP contribution in [0, 0.1) is 0 Å². The van der Waals surface area contributed by atoms with Gasteiger partial charge in [-0.3, -0.25) is 9.78 Å². The predicted molar refractivity (Wildman–Crippen MR) is 72.5 cm³/mol. The fraction of sp³-hybridized carbons (Fsp3) is 0.231. The van der Waals surface area contributed by atoms with Crippen LogP contribution >= 0.6 is 11.8 Å². The molecule has 0 atom stereocenters. The molecule has 88 valence electrons. The molecule has 0 aliphatic heterocycles. The van der Waals surface area contributed by atoms with E-state index in [-0.39, 0.29) is 5.91 Å². The highest BCUT2D eigenvalue weighted by Crippen LogP contribution is 2.12. The minimum absolute atomic E-state index is 0.0581. The van der Waals surface area contributed by atoms with Crippen molar-refractivity contribution in [1.82, 2.24) is 10.3 Å². The maximum atomic E-state index is 11.8. The van der Waals surface area contributed by atoms with E-state index in [0.29, 0.717) is 12.1 Å². The number of benzene rings is 1. The van der Waals surface area contributed by atoms with E-state index < -0.39 is 0 Å². The second-order valence-corrected chi connectivity index (χ2v) is 4.65. The lowest BCUT2D eigenvalue weighted by Gasteiger charge is -2.04. The Morgan fingerprint density at radius 2 is 2.24 bits per heavy atom. The van der Waals surface area contributed by atoms with Crippen molar-refractivity contribution in [3.8, 4) is 0 Å². The number of nitrogens with one attached hydrogen (secondary N) is 1. The quantitative estimate of drug-likeness (QED) is 0.842. The second-order valence-electron chi connectivity index (χ2n) is 3.67. The zero-order valence-electron chi connectivity index (χ0n) is 9.64. The summed E-state index contributed by atoms with van der Waals surface area (Å²) in [5.74, 6) is 0.865. The monoisotopic (exact) mass is 246 g/mol. The van der Waals surface area contributed by atoms with E-state index in [1.54, 1.807) is 18.0 Å². The zero-order chi connectivity index (χ0) is 12.1. The minimum Gasteiger partial charge on any atom is -0.351 e. The molecule has 0 fully saturated rings. The summed E-state index contributed by atoms with van der Waals surface area (Å²) in [5, 5.41) is 3.86. The summed E-state index contributed by atoms with van der Waals surface area (Å²) in [7, 11) is 0. The highest BCUT2D eigenvalue weighted by atomic mass is 32.2. The third-order valence-corrected chi connectivity index (χ3v) is 3.06. The van der Waals surface area contributed by atoms with E-state index in [9.17, 15) is 4.79 Å². The van der Waals surface area contributed by atoms with Gasteiger partial charge in [-0.15, -0.1) is 0 Å². The van der Waals surface area contributed by atoms with Crippen LogP contribution in [0.15, 0.2) is 36.5 Å². The standard InChI is InChI=1S/C13H14N2OS/c1-17-7-6-14-13(16)11-8-10-4-2-3-5-12(10)15-9-11/h2-5,8-9H,6-7H2,1H3,(H,14,16). The number of para-hydroxylation sites is 1. The Kier molecular flexibility index (Phi) is 3.98. The SMILES string of the molecule is CSCCNC(=O)c1cnc2ccccc2c1. The first-order valence-electron chi connectivity index (χ1n) is 5.43. The number of aromatic nitrogens is 1. The van der Waals surface area contributed by atoms with Gasteiger partial charge in [-0.05, 0) is 18.4 Å². The fourth-order valence-corrected chi connectivity index (χ4v) is 1.87. The number of amides is 1. The summed E-state index contributed by atoms with van der Waals surface area (Å²) in [6, 6.07) is 9.65. The highest BCUT2D eigenvalue weighted by molar-refractivity contribution is 7.98. The van der Waals surface area contributed by atoms with Crippen molar-refractivity contribution in [1.29, 1.82) is 0 Å². The van der Waals surface area contributed by atoms with Gasteiger partial charge in [0.2, 0.25) is 0 Å². The number of fused-ring (bicyclic) bond motifs is 1. The van der Waals surface area contributed by atoms with Gasteiger partial charge in [-0.1, -0.05) is 18.2 Å². The van der Waals surface area contributed by atoms with Crippen LogP contribution in [0.1, 0.15) is 10.4 Å². The third-order valence-electron chi connectivity index (χ3n) is 2.44. The number of carbonyl (C=O) groups excluding carboxylic acids is 1. The van der Waals surface area contributed by atoms with Crippen LogP contribution in [0.25, 0.3) is 10.9 Å². The average molecular weight is 246 g/mol. The van der Waals surface area contributed by atoms with Crippen molar-refractivity contribution in [2.24, 2.45) is 0 Å². The number of thioether (sulfide) groups is 1. The number of nitrogens with zero attached hydrogens (tertiary/aromatic N) is 1. The molecule has 3 nitrogen and oxygen atoms in total. The maximum absolute atomic E-state index is 11.8. The van der Waals surface area contributed by atoms with Crippen molar-refractivity contribution in [2.75, 3.05) is 18.6 Å². The Bertz CT molecular complexity index is 528. The molecule has 0 saturated carbocycles. The maximum Gasteiger partial charge on any atom is 0.252 e. The molecule has 0 unspecified atom stereocenters. The van der Waals surface area contributed by atoms with E-state index in [4.69, 9.17) is 0 Å². The summed E-state index contributed by atoms with van der Waals surface area (Å²) >= 11 is 1.71. The number of hydrogen-bond donors (Lipinski definition) is 1. The zero-order valence-corrected chi connectivity index (χ0v) is 10.5. The van der Waals surface area contributed by atoms with Gasteiger partial charge in [-0.2, -0.15) is 11.8 Å². The molecule has 1 amide bonds. The average Bonchev–Trinajstić information content (AvgIpc) is 2.38. The highest BCUT2D eigenvalue weighted by Gasteiger charge is 2.05. The largest absolute Gasteiger partial charge is 0.351 e. The van der Waals surface area contributed by atoms with Gasteiger partial charge >= 0.3 is 0 Å². The Labute approximate surface area is 105 Å². The molecular formula is C13H14N2OS. The van der Waals surface area contributed by atoms with Crippen LogP contribution in [-0.2, 0) is 0 Å². The molecule has 17 heavy (non-hydrogen) atoms. The van der Waals surface area contributed by atoms with Crippen molar-refractivity contribution >= 4 is 28.6 Å². The van der Waals surface area contributed by atoms with E-state index in [0.717, 1.165) is 16.7 Å². The lowest BCUT2D eigenvalue weighted by atomic mass is 10.1. The minimum atomic E-state index is -0.0581. The van der Waals surface area contributed by atoms with E-state index in [2.05, 4.69) is 10.3 Å². The van der Waals surface area contributed by atoms with Crippen LogP contribution < -0.4 is 5.32 Å². The number of carbonyl (C=O) groups is 1. The molecule has 4 heteroatoms. The molecule has 0 aliphatic rings. The molecule has 0 radical (unpaired) electrons. The van der Waals surface area contributed by atoms with Gasteiger partial charge in [0.15, 0.2) is 0 Å². The lowest BCUT2D eigenvalue weighted by Crippen LogP contribution is -2.25. The molecule has 1 aromatic carbocycles. The molecule has 0 spiro atoms. The predicted octanol–water partition coefficient (Wildman–Crippen LogP) is 2.33. The van der Waals surface area contributed by atoms with Gasteiger partial charge in [0.05, 0.1) is 11.1 Å². The van der Waals surface area contributed by atoms with Crippen molar-refractivity contribution in [2.45, 2.75) is 0 Å². The van der Waals surface area contributed by atoms with Crippen LogP contribution in [0.4, 0.5) is 0 Å². The van der Waals surface area contributed by atoms with Crippen LogP contribution in [-0.4, -0.2) is 29.4 Å². The van der Waals surface area contributed by atoms with Gasteiger partial charge < -0.3 is 5.32 Å². The van der Waals surface area contributed by atoms with Gasteiger partial charge in [0, 0.05) is 23.9 Å². The summed E-state index contributed by atoms with van der Waals surface area (Å²) in [4.78, 5) is 16.1.